The molecule has 0 heterocycles. The summed E-state index contributed by atoms with van der Waals surface area (Å²) < 4.78 is 0. The minimum atomic E-state index is 0.899. The van der Waals surface area contributed by atoms with Gasteiger partial charge >= 0.3 is 0 Å². The molecule has 3 aromatic carbocycles. The van der Waals surface area contributed by atoms with Crippen molar-refractivity contribution < 1.29 is 0 Å². The third-order valence-corrected chi connectivity index (χ3v) is 6.78. The lowest BCUT2D eigenvalue weighted by molar-refractivity contribution is 1.10. The van der Waals surface area contributed by atoms with Gasteiger partial charge in [0, 0.05) is 11.1 Å². The number of hydrogen-bond donors (Lipinski definition) is 0. The molecule has 0 atom stereocenters. The molecule has 1 aliphatic carbocycles. The highest BCUT2D eigenvalue weighted by Gasteiger charge is 2.05. The first kappa shape index (κ1) is 26.9. The number of rotatable bonds is 2. The summed E-state index contributed by atoms with van der Waals surface area (Å²) in [5.74, 6) is 6.54. The van der Waals surface area contributed by atoms with E-state index in [0.29, 0.717) is 0 Å². The zero-order valence-electron chi connectivity index (χ0n) is 23.0. The summed E-state index contributed by atoms with van der Waals surface area (Å²) in [6.07, 6.45) is 5.41. The van der Waals surface area contributed by atoms with Gasteiger partial charge in [0.25, 0.3) is 0 Å². The first-order valence-corrected chi connectivity index (χ1v) is 12.5. The van der Waals surface area contributed by atoms with Crippen molar-refractivity contribution in [1.82, 2.24) is 0 Å². The van der Waals surface area contributed by atoms with Crippen molar-refractivity contribution in [3.05, 3.63) is 123 Å². The van der Waals surface area contributed by atoms with Crippen molar-refractivity contribution in [3.63, 3.8) is 0 Å². The van der Waals surface area contributed by atoms with Crippen LogP contribution < -0.4 is 0 Å². The van der Waals surface area contributed by atoms with E-state index < -0.39 is 0 Å². The van der Waals surface area contributed by atoms with Crippen LogP contribution in [-0.4, -0.2) is 0 Å². The highest BCUT2D eigenvalue weighted by Crippen LogP contribution is 2.23. The van der Waals surface area contributed by atoms with Gasteiger partial charge in [-0.3, -0.25) is 0 Å². The molecule has 0 aliphatic heterocycles. The average molecular weight is 474 g/mol. The Labute approximate surface area is 217 Å². The van der Waals surface area contributed by atoms with Gasteiger partial charge in [-0.05, 0) is 144 Å². The fourth-order valence-electron chi connectivity index (χ4n) is 3.61. The Kier molecular flexibility index (Phi) is 9.20. The summed E-state index contributed by atoms with van der Waals surface area (Å²) in [4.78, 5) is 0. The monoisotopic (exact) mass is 473 g/mol. The quantitative estimate of drug-likeness (QED) is 0.261. The second-order valence-electron chi connectivity index (χ2n) is 9.73. The summed E-state index contributed by atoms with van der Waals surface area (Å²) in [5, 5.41) is 8.55. The second kappa shape index (κ2) is 12.3. The van der Waals surface area contributed by atoms with Crippen molar-refractivity contribution in [1.29, 1.82) is 0 Å². The molecule has 0 bridgehead atoms. The zero-order chi connectivity index (χ0) is 26.2. The van der Waals surface area contributed by atoms with E-state index in [1.165, 1.54) is 50.1 Å². The Hall–Kier alpha value is -3.70. The lowest BCUT2D eigenvalue weighted by Crippen LogP contribution is -1.94. The Morgan fingerprint density at radius 3 is 1.50 bits per heavy atom. The smallest absolute Gasteiger partial charge is 0.0859 e. The highest BCUT2D eigenvalue weighted by atomic mass is 15.1. The van der Waals surface area contributed by atoms with Gasteiger partial charge < -0.3 is 0 Å². The molecule has 0 aromatic heterocycles. The Balaban J connectivity index is 0.000000201. The van der Waals surface area contributed by atoms with Crippen molar-refractivity contribution in [2.45, 2.75) is 61.8 Å². The van der Waals surface area contributed by atoms with Crippen LogP contribution in [0.5, 0.6) is 0 Å². The van der Waals surface area contributed by atoms with Gasteiger partial charge in [0.15, 0.2) is 0 Å². The number of hydrogen-bond acceptors (Lipinski definition) is 2. The number of benzene rings is 3. The van der Waals surface area contributed by atoms with Crippen molar-refractivity contribution in [2.24, 2.45) is 10.2 Å². The SMILES string of the molecule is CC1=C(C)C=C(C#Cc2ccc(C)c(C)c2)C[CH]1.Cc1ccc(N=Nc2ccc(C)c(C)c2)cc1C. The van der Waals surface area contributed by atoms with Crippen LogP contribution >= 0.6 is 0 Å². The molecule has 0 N–H and O–H groups in total. The van der Waals surface area contributed by atoms with E-state index in [1.807, 2.05) is 12.1 Å². The number of nitrogens with zero attached hydrogens (tertiary/aromatic N) is 2. The van der Waals surface area contributed by atoms with Gasteiger partial charge in [0.05, 0.1) is 11.4 Å². The van der Waals surface area contributed by atoms with E-state index in [4.69, 9.17) is 0 Å². The molecule has 0 amide bonds. The summed E-state index contributed by atoms with van der Waals surface area (Å²) in [7, 11) is 0. The predicted molar refractivity (Wildman–Crippen MR) is 154 cm³/mol. The van der Waals surface area contributed by atoms with Crippen LogP contribution in [0.1, 0.15) is 59.2 Å². The van der Waals surface area contributed by atoms with Crippen LogP contribution in [0.3, 0.4) is 0 Å². The third-order valence-electron chi connectivity index (χ3n) is 6.78. The number of allylic oxidation sites excluding steroid dienone is 4. The van der Waals surface area contributed by atoms with Crippen LogP contribution in [0.15, 0.2) is 87.6 Å². The fourth-order valence-corrected chi connectivity index (χ4v) is 3.61. The van der Waals surface area contributed by atoms with Crippen molar-refractivity contribution in [2.75, 3.05) is 0 Å². The van der Waals surface area contributed by atoms with E-state index >= 15 is 0 Å². The summed E-state index contributed by atoms with van der Waals surface area (Å²) in [6, 6.07) is 18.6. The van der Waals surface area contributed by atoms with Crippen LogP contribution in [0.25, 0.3) is 0 Å². The van der Waals surface area contributed by atoms with Gasteiger partial charge in [-0.1, -0.05) is 41.2 Å². The molecule has 2 nitrogen and oxygen atoms in total. The molecule has 0 saturated heterocycles. The molecule has 0 unspecified atom stereocenters. The van der Waals surface area contributed by atoms with Crippen LogP contribution in [0.4, 0.5) is 11.4 Å². The molecule has 1 aliphatic rings. The van der Waals surface area contributed by atoms with Crippen LogP contribution in [0.2, 0.25) is 0 Å². The van der Waals surface area contributed by atoms with Crippen molar-refractivity contribution in [3.8, 4) is 11.8 Å². The summed E-state index contributed by atoms with van der Waals surface area (Å²) in [5.41, 5.74) is 14.5. The maximum absolute atomic E-state index is 4.27. The van der Waals surface area contributed by atoms with Crippen LogP contribution in [0, 0.1) is 59.8 Å². The Morgan fingerprint density at radius 1 is 0.528 bits per heavy atom. The van der Waals surface area contributed by atoms with Crippen molar-refractivity contribution >= 4 is 11.4 Å². The van der Waals surface area contributed by atoms with Gasteiger partial charge in [0.1, 0.15) is 0 Å². The number of azo groups is 1. The summed E-state index contributed by atoms with van der Waals surface area (Å²) >= 11 is 0. The lowest BCUT2D eigenvalue weighted by Gasteiger charge is -2.10. The predicted octanol–water partition coefficient (Wildman–Crippen LogP) is 9.86. The van der Waals surface area contributed by atoms with E-state index in [9.17, 15) is 0 Å². The van der Waals surface area contributed by atoms with E-state index in [0.717, 1.165) is 23.4 Å². The third kappa shape index (κ3) is 7.65. The van der Waals surface area contributed by atoms with E-state index in [-0.39, 0.29) is 0 Å². The average Bonchev–Trinajstić information content (AvgIpc) is 2.85. The standard InChI is InChI=1S/C18H19.C16H18N2/c1-13-5-7-17(11-15(13)3)9-10-18-8-6-14(2)16(4)12-18;1-11-5-7-15(9-13(11)3)17-18-16-8-6-12(2)14(4)10-16/h5-7,11-12H,8H2,1-4H3;5-10H,1-4H3. The molecule has 2 heteroatoms. The van der Waals surface area contributed by atoms with E-state index in [1.54, 1.807) is 0 Å². The maximum Gasteiger partial charge on any atom is 0.0859 e. The molecule has 36 heavy (non-hydrogen) atoms. The van der Waals surface area contributed by atoms with Gasteiger partial charge in [-0.25, -0.2) is 0 Å². The molecule has 3 aromatic rings. The lowest BCUT2D eigenvalue weighted by atomic mass is 9.94. The zero-order valence-corrected chi connectivity index (χ0v) is 23.0. The maximum atomic E-state index is 4.27. The minimum Gasteiger partial charge on any atom is -0.151 e. The molecular weight excluding hydrogens is 436 g/mol. The molecule has 1 radical (unpaired) electrons. The normalized spacial score (nSPS) is 13.1. The fraction of sp³-hybridized carbons (Fsp3) is 0.265. The first-order chi connectivity index (χ1) is 17.1. The molecule has 0 spiro atoms. The second-order valence-corrected chi connectivity index (χ2v) is 9.73. The summed E-state index contributed by atoms with van der Waals surface area (Å²) in [6.45, 7) is 16.9. The molecule has 0 saturated carbocycles. The molecule has 183 valence electrons. The van der Waals surface area contributed by atoms with Gasteiger partial charge in [0.2, 0.25) is 0 Å². The molecule has 4 rings (SSSR count). The molecular formula is C34H37N2. The molecule has 0 fully saturated rings. The Bertz CT molecular complexity index is 1350. The number of aryl methyl sites for hydroxylation is 6. The van der Waals surface area contributed by atoms with Gasteiger partial charge in [-0.15, -0.1) is 0 Å². The van der Waals surface area contributed by atoms with Crippen LogP contribution in [-0.2, 0) is 0 Å². The topological polar surface area (TPSA) is 24.7 Å². The first-order valence-electron chi connectivity index (χ1n) is 12.5. The highest BCUT2D eigenvalue weighted by molar-refractivity contribution is 5.49. The largest absolute Gasteiger partial charge is 0.151 e. The van der Waals surface area contributed by atoms with Gasteiger partial charge in [-0.2, -0.15) is 10.2 Å². The minimum absolute atomic E-state index is 0.899. The van der Waals surface area contributed by atoms with E-state index in [2.05, 4.69) is 132 Å². The Morgan fingerprint density at radius 2 is 1.03 bits per heavy atom.